The molecule has 2 aliphatic rings. The molecule has 3 heteroatoms. The fraction of sp³-hybridized carbons (Fsp3) is 0.769. The first-order chi connectivity index (χ1) is 7.77. The maximum atomic E-state index is 11.8. The molecule has 1 atom stereocenters. The Morgan fingerprint density at radius 1 is 1.38 bits per heavy atom. The summed E-state index contributed by atoms with van der Waals surface area (Å²) in [6, 6.07) is 0. The van der Waals surface area contributed by atoms with Gasteiger partial charge in [-0.05, 0) is 44.9 Å². The summed E-state index contributed by atoms with van der Waals surface area (Å²) in [4.78, 5) is 13.6. The van der Waals surface area contributed by atoms with Gasteiger partial charge in [-0.1, -0.05) is 11.6 Å². The Labute approximate surface area is 97.1 Å². The fourth-order valence-corrected chi connectivity index (χ4v) is 2.56. The summed E-state index contributed by atoms with van der Waals surface area (Å²) in [7, 11) is 0. The van der Waals surface area contributed by atoms with E-state index in [0.29, 0.717) is 6.42 Å². The molecule has 0 aromatic heterocycles. The maximum absolute atomic E-state index is 11.8. The molecule has 2 rings (SSSR count). The van der Waals surface area contributed by atoms with Crippen LogP contribution in [0, 0.1) is 0 Å². The third-order valence-electron chi connectivity index (χ3n) is 3.58. The predicted octanol–water partition coefficient (Wildman–Crippen LogP) is 1.86. The number of nitrogens with zero attached hydrogens (tertiary/aromatic N) is 1. The van der Waals surface area contributed by atoms with Gasteiger partial charge in [0.05, 0.1) is 0 Å². The van der Waals surface area contributed by atoms with E-state index < -0.39 is 6.10 Å². The Hall–Kier alpha value is -0.830. The molecule has 1 fully saturated rings. The van der Waals surface area contributed by atoms with Crippen LogP contribution >= 0.6 is 0 Å². The normalized spacial score (nSPS) is 22.3. The first-order valence-corrected chi connectivity index (χ1v) is 6.42. The van der Waals surface area contributed by atoms with Gasteiger partial charge in [0, 0.05) is 13.1 Å². The molecule has 1 saturated heterocycles. The van der Waals surface area contributed by atoms with Crippen molar-refractivity contribution in [1.82, 2.24) is 4.90 Å². The molecule has 1 unspecified atom stereocenters. The van der Waals surface area contributed by atoms with Crippen LogP contribution in [0.3, 0.4) is 0 Å². The number of aliphatic hydroxyl groups is 1. The lowest BCUT2D eigenvalue weighted by atomic mass is 10.1. The standard InChI is InChI=1S/C13H21NO2/c15-12(8-7-11-5-1-2-6-11)13(16)14-9-3-4-10-14/h5,12,15H,1-4,6-10H2. The Balaban J connectivity index is 1.73. The molecular formula is C13H21NO2. The summed E-state index contributed by atoms with van der Waals surface area (Å²) in [6.07, 6.45) is 8.71. The van der Waals surface area contributed by atoms with Crippen LogP contribution < -0.4 is 0 Å². The van der Waals surface area contributed by atoms with E-state index in [-0.39, 0.29) is 5.91 Å². The van der Waals surface area contributed by atoms with Gasteiger partial charge in [-0.25, -0.2) is 0 Å². The van der Waals surface area contributed by atoms with Crippen molar-refractivity contribution in [2.75, 3.05) is 13.1 Å². The fourth-order valence-electron chi connectivity index (χ4n) is 2.56. The third-order valence-corrected chi connectivity index (χ3v) is 3.58. The molecule has 1 aliphatic heterocycles. The number of carbonyl (C=O) groups is 1. The van der Waals surface area contributed by atoms with Crippen molar-refractivity contribution in [3.8, 4) is 0 Å². The van der Waals surface area contributed by atoms with Crippen molar-refractivity contribution in [3.05, 3.63) is 11.6 Å². The molecule has 0 radical (unpaired) electrons. The van der Waals surface area contributed by atoms with Crippen LogP contribution in [0.15, 0.2) is 11.6 Å². The van der Waals surface area contributed by atoms with Gasteiger partial charge in [0.15, 0.2) is 0 Å². The topological polar surface area (TPSA) is 40.5 Å². The summed E-state index contributed by atoms with van der Waals surface area (Å²) in [5, 5.41) is 9.82. The molecule has 3 nitrogen and oxygen atoms in total. The molecule has 0 aromatic rings. The second kappa shape index (κ2) is 5.48. The summed E-state index contributed by atoms with van der Waals surface area (Å²) in [5.41, 5.74) is 1.42. The number of carbonyl (C=O) groups excluding carboxylic acids is 1. The second-order valence-electron chi connectivity index (χ2n) is 4.84. The third kappa shape index (κ3) is 2.85. The highest BCUT2D eigenvalue weighted by molar-refractivity contribution is 5.80. The number of likely N-dealkylation sites (tertiary alicyclic amines) is 1. The zero-order valence-electron chi connectivity index (χ0n) is 9.82. The number of aliphatic hydroxyl groups excluding tert-OH is 1. The minimum absolute atomic E-state index is 0.0592. The van der Waals surface area contributed by atoms with Crippen LogP contribution in [0.25, 0.3) is 0 Å². The van der Waals surface area contributed by atoms with Crippen molar-refractivity contribution in [1.29, 1.82) is 0 Å². The Morgan fingerprint density at radius 3 is 2.75 bits per heavy atom. The molecule has 0 aromatic carbocycles. The highest BCUT2D eigenvalue weighted by atomic mass is 16.3. The minimum atomic E-state index is -0.778. The minimum Gasteiger partial charge on any atom is -0.383 e. The lowest BCUT2D eigenvalue weighted by Crippen LogP contribution is -2.37. The summed E-state index contributed by atoms with van der Waals surface area (Å²) in [6.45, 7) is 1.66. The van der Waals surface area contributed by atoms with Crippen molar-refractivity contribution >= 4 is 5.91 Å². The molecular weight excluding hydrogens is 202 g/mol. The van der Waals surface area contributed by atoms with Crippen LogP contribution in [-0.4, -0.2) is 35.1 Å². The molecule has 1 heterocycles. The predicted molar refractivity (Wildman–Crippen MR) is 63.0 cm³/mol. The van der Waals surface area contributed by atoms with Gasteiger partial charge < -0.3 is 10.0 Å². The molecule has 0 saturated carbocycles. The quantitative estimate of drug-likeness (QED) is 0.739. The van der Waals surface area contributed by atoms with Gasteiger partial charge in [-0.2, -0.15) is 0 Å². The maximum Gasteiger partial charge on any atom is 0.251 e. The van der Waals surface area contributed by atoms with Gasteiger partial charge in [0.25, 0.3) is 5.91 Å². The van der Waals surface area contributed by atoms with Crippen LogP contribution in [0.2, 0.25) is 0 Å². The number of allylic oxidation sites excluding steroid dienone is 2. The smallest absolute Gasteiger partial charge is 0.251 e. The Bertz CT molecular complexity index is 280. The zero-order chi connectivity index (χ0) is 11.4. The molecule has 16 heavy (non-hydrogen) atoms. The Morgan fingerprint density at radius 2 is 2.12 bits per heavy atom. The molecule has 1 amide bonds. The number of amides is 1. The van der Waals surface area contributed by atoms with E-state index >= 15 is 0 Å². The number of hydrogen-bond donors (Lipinski definition) is 1. The average Bonchev–Trinajstić information content (AvgIpc) is 2.96. The lowest BCUT2D eigenvalue weighted by Gasteiger charge is -2.19. The summed E-state index contributed by atoms with van der Waals surface area (Å²) in [5.74, 6) is -0.0592. The average molecular weight is 223 g/mol. The van der Waals surface area contributed by atoms with E-state index in [9.17, 15) is 9.90 Å². The van der Waals surface area contributed by atoms with E-state index in [1.165, 1.54) is 18.4 Å². The Kier molecular flexibility index (Phi) is 3.99. The van der Waals surface area contributed by atoms with Crippen molar-refractivity contribution in [3.63, 3.8) is 0 Å². The zero-order valence-corrected chi connectivity index (χ0v) is 9.82. The largest absolute Gasteiger partial charge is 0.383 e. The lowest BCUT2D eigenvalue weighted by molar-refractivity contribution is -0.139. The van der Waals surface area contributed by atoms with Crippen LogP contribution in [0.1, 0.15) is 44.9 Å². The van der Waals surface area contributed by atoms with E-state index in [4.69, 9.17) is 0 Å². The van der Waals surface area contributed by atoms with Crippen LogP contribution in [0.5, 0.6) is 0 Å². The molecule has 0 spiro atoms. The van der Waals surface area contributed by atoms with Gasteiger partial charge in [-0.3, -0.25) is 4.79 Å². The van der Waals surface area contributed by atoms with Gasteiger partial charge in [0.2, 0.25) is 0 Å². The van der Waals surface area contributed by atoms with Gasteiger partial charge in [-0.15, -0.1) is 0 Å². The van der Waals surface area contributed by atoms with Crippen LogP contribution in [-0.2, 0) is 4.79 Å². The van der Waals surface area contributed by atoms with E-state index in [1.807, 2.05) is 0 Å². The summed E-state index contributed by atoms with van der Waals surface area (Å²) < 4.78 is 0. The van der Waals surface area contributed by atoms with Crippen molar-refractivity contribution in [2.24, 2.45) is 0 Å². The molecule has 1 N–H and O–H groups in total. The highest BCUT2D eigenvalue weighted by Gasteiger charge is 2.24. The van der Waals surface area contributed by atoms with E-state index in [0.717, 1.165) is 38.8 Å². The highest BCUT2D eigenvalue weighted by Crippen LogP contribution is 2.23. The first kappa shape index (κ1) is 11.6. The molecule has 0 bridgehead atoms. The number of rotatable bonds is 4. The van der Waals surface area contributed by atoms with Crippen LogP contribution in [0.4, 0.5) is 0 Å². The van der Waals surface area contributed by atoms with Crippen molar-refractivity contribution in [2.45, 2.75) is 51.0 Å². The first-order valence-electron chi connectivity index (χ1n) is 6.42. The molecule has 90 valence electrons. The second-order valence-corrected chi connectivity index (χ2v) is 4.84. The van der Waals surface area contributed by atoms with Crippen molar-refractivity contribution < 1.29 is 9.90 Å². The summed E-state index contributed by atoms with van der Waals surface area (Å²) >= 11 is 0. The van der Waals surface area contributed by atoms with Gasteiger partial charge >= 0.3 is 0 Å². The number of hydrogen-bond acceptors (Lipinski definition) is 2. The van der Waals surface area contributed by atoms with E-state index in [1.54, 1.807) is 4.90 Å². The monoisotopic (exact) mass is 223 g/mol. The SMILES string of the molecule is O=C(C(O)CCC1=CCCC1)N1CCCC1. The molecule has 1 aliphatic carbocycles. The van der Waals surface area contributed by atoms with Gasteiger partial charge in [0.1, 0.15) is 6.10 Å². The van der Waals surface area contributed by atoms with E-state index in [2.05, 4.69) is 6.08 Å².